The van der Waals surface area contributed by atoms with Crippen LogP contribution in [0.25, 0.3) is 0 Å². The van der Waals surface area contributed by atoms with E-state index in [1.807, 2.05) is 32.9 Å². The molecular weight excluding hydrogens is 275 g/mol. The number of hydrogen-bond acceptors (Lipinski definition) is 1. The quantitative estimate of drug-likeness (QED) is 0.815. The molecule has 0 amide bonds. The Morgan fingerprint density at radius 2 is 1.73 bits per heavy atom. The van der Waals surface area contributed by atoms with Gasteiger partial charge >= 0.3 is 0 Å². The van der Waals surface area contributed by atoms with E-state index < -0.39 is 5.60 Å². The predicted octanol–water partition coefficient (Wildman–Crippen LogP) is 4.36. The molecule has 0 saturated heterocycles. The zero-order valence-electron chi connectivity index (χ0n) is 9.44. The van der Waals surface area contributed by atoms with E-state index >= 15 is 0 Å². The number of aliphatic hydroxyl groups is 1. The van der Waals surface area contributed by atoms with Crippen molar-refractivity contribution in [1.82, 2.24) is 0 Å². The summed E-state index contributed by atoms with van der Waals surface area (Å²) in [6.07, 6.45) is 0. The zero-order chi connectivity index (χ0) is 11.9. The minimum atomic E-state index is -0.940. The van der Waals surface area contributed by atoms with Gasteiger partial charge in [-0.25, -0.2) is 0 Å². The van der Waals surface area contributed by atoms with Gasteiger partial charge in [-0.3, -0.25) is 0 Å². The lowest BCUT2D eigenvalue weighted by Crippen LogP contribution is -2.37. The lowest BCUT2D eigenvalue weighted by Gasteiger charge is -2.38. The fourth-order valence-electron chi connectivity index (χ4n) is 1.29. The molecule has 0 aliphatic rings. The number of hydrogen-bond donors (Lipinski definition) is 1. The Morgan fingerprint density at radius 3 is 2.13 bits per heavy atom. The van der Waals surface area contributed by atoms with Crippen LogP contribution in [-0.2, 0) is 5.60 Å². The first-order valence-corrected chi connectivity index (χ1v) is 6.01. The van der Waals surface area contributed by atoms with Crippen molar-refractivity contribution in [2.24, 2.45) is 5.41 Å². The third kappa shape index (κ3) is 2.55. The van der Waals surface area contributed by atoms with Crippen molar-refractivity contribution >= 4 is 27.5 Å². The molecule has 1 atom stereocenters. The smallest absolute Gasteiger partial charge is 0.0930 e. The summed E-state index contributed by atoms with van der Waals surface area (Å²) in [5.74, 6) is 0. The highest BCUT2D eigenvalue weighted by atomic mass is 79.9. The summed E-state index contributed by atoms with van der Waals surface area (Å²) >= 11 is 9.48. The molecule has 84 valence electrons. The lowest BCUT2D eigenvalue weighted by molar-refractivity contribution is -0.0469. The second-order valence-electron chi connectivity index (χ2n) is 4.95. The molecule has 1 aromatic rings. The van der Waals surface area contributed by atoms with Crippen LogP contribution in [0.2, 0.25) is 5.02 Å². The molecule has 0 fully saturated rings. The van der Waals surface area contributed by atoms with Crippen LogP contribution in [-0.4, -0.2) is 5.11 Å². The Labute approximate surface area is 105 Å². The van der Waals surface area contributed by atoms with Crippen molar-refractivity contribution in [1.29, 1.82) is 0 Å². The SMILES string of the molecule is CC(C)(C)C(C)(O)c1ccc(Br)cc1Cl. The van der Waals surface area contributed by atoms with Gasteiger partial charge in [0.1, 0.15) is 0 Å². The van der Waals surface area contributed by atoms with Crippen molar-refractivity contribution in [3.63, 3.8) is 0 Å². The summed E-state index contributed by atoms with van der Waals surface area (Å²) in [6.45, 7) is 7.77. The van der Waals surface area contributed by atoms with Crippen LogP contribution in [0.15, 0.2) is 22.7 Å². The molecule has 0 aliphatic carbocycles. The Morgan fingerprint density at radius 1 is 1.20 bits per heavy atom. The van der Waals surface area contributed by atoms with Crippen LogP contribution in [0.5, 0.6) is 0 Å². The summed E-state index contributed by atoms with van der Waals surface area (Å²) in [4.78, 5) is 0. The van der Waals surface area contributed by atoms with Gasteiger partial charge in [0.2, 0.25) is 0 Å². The third-order valence-corrected chi connectivity index (χ3v) is 3.72. The molecule has 0 spiro atoms. The minimum Gasteiger partial charge on any atom is -0.385 e. The van der Waals surface area contributed by atoms with Gasteiger partial charge in [-0.2, -0.15) is 0 Å². The maximum Gasteiger partial charge on any atom is 0.0930 e. The monoisotopic (exact) mass is 290 g/mol. The summed E-state index contributed by atoms with van der Waals surface area (Å²) in [6, 6.07) is 5.55. The van der Waals surface area contributed by atoms with E-state index in [9.17, 15) is 5.11 Å². The molecule has 0 bridgehead atoms. The first-order chi connectivity index (χ1) is 6.66. The highest BCUT2D eigenvalue weighted by Crippen LogP contribution is 2.42. The van der Waals surface area contributed by atoms with Crippen molar-refractivity contribution in [3.8, 4) is 0 Å². The maximum absolute atomic E-state index is 10.5. The van der Waals surface area contributed by atoms with Gasteiger partial charge in [-0.1, -0.05) is 54.4 Å². The molecule has 3 heteroatoms. The lowest BCUT2D eigenvalue weighted by atomic mass is 9.73. The summed E-state index contributed by atoms with van der Waals surface area (Å²) in [5, 5.41) is 11.1. The van der Waals surface area contributed by atoms with Crippen molar-refractivity contribution in [2.75, 3.05) is 0 Å². The van der Waals surface area contributed by atoms with E-state index in [1.54, 1.807) is 13.0 Å². The number of halogens is 2. The first-order valence-electron chi connectivity index (χ1n) is 4.84. The number of benzene rings is 1. The highest BCUT2D eigenvalue weighted by molar-refractivity contribution is 9.10. The molecule has 0 heterocycles. The van der Waals surface area contributed by atoms with Gasteiger partial charge in [-0.15, -0.1) is 0 Å². The topological polar surface area (TPSA) is 20.2 Å². The summed E-state index contributed by atoms with van der Waals surface area (Å²) in [7, 11) is 0. The average molecular weight is 292 g/mol. The zero-order valence-corrected chi connectivity index (χ0v) is 11.8. The molecule has 0 aromatic heterocycles. The van der Waals surface area contributed by atoms with E-state index in [4.69, 9.17) is 11.6 Å². The Bertz CT molecular complexity index is 366. The van der Waals surface area contributed by atoms with Gasteiger partial charge < -0.3 is 5.11 Å². The fourth-order valence-corrected chi connectivity index (χ4v) is 2.15. The Balaban J connectivity index is 3.28. The molecule has 0 saturated carbocycles. The van der Waals surface area contributed by atoms with Crippen molar-refractivity contribution < 1.29 is 5.11 Å². The van der Waals surface area contributed by atoms with Crippen LogP contribution in [0, 0.1) is 5.41 Å². The Hall–Kier alpha value is -0.0500. The van der Waals surface area contributed by atoms with E-state index in [-0.39, 0.29) is 5.41 Å². The van der Waals surface area contributed by atoms with Crippen molar-refractivity contribution in [2.45, 2.75) is 33.3 Å². The summed E-state index contributed by atoms with van der Waals surface area (Å²) < 4.78 is 0.918. The molecule has 0 aliphatic heterocycles. The minimum absolute atomic E-state index is 0.259. The van der Waals surface area contributed by atoms with E-state index in [1.165, 1.54) is 0 Å². The molecule has 1 aromatic carbocycles. The molecule has 1 unspecified atom stereocenters. The first kappa shape index (κ1) is 13.0. The van der Waals surface area contributed by atoms with Crippen LogP contribution in [0.4, 0.5) is 0 Å². The van der Waals surface area contributed by atoms with E-state index in [2.05, 4.69) is 15.9 Å². The standard InChI is InChI=1S/C12H16BrClO/c1-11(2,3)12(4,15)9-6-5-8(13)7-10(9)14/h5-7,15H,1-4H3. The van der Waals surface area contributed by atoms with E-state index in [0.29, 0.717) is 5.02 Å². The van der Waals surface area contributed by atoms with Gasteiger partial charge in [0, 0.05) is 15.1 Å². The van der Waals surface area contributed by atoms with E-state index in [0.717, 1.165) is 10.0 Å². The molecule has 15 heavy (non-hydrogen) atoms. The van der Waals surface area contributed by atoms with Gasteiger partial charge in [-0.05, 0) is 24.5 Å². The Kier molecular flexibility index (Phi) is 3.54. The van der Waals surface area contributed by atoms with Crippen LogP contribution in [0.1, 0.15) is 33.3 Å². The molecule has 1 N–H and O–H groups in total. The van der Waals surface area contributed by atoms with Crippen LogP contribution < -0.4 is 0 Å². The van der Waals surface area contributed by atoms with Crippen molar-refractivity contribution in [3.05, 3.63) is 33.3 Å². The highest BCUT2D eigenvalue weighted by Gasteiger charge is 2.38. The van der Waals surface area contributed by atoms with Gasteiger partial charge in [0.05, 0.1) is 5.60 Å². The molecule has 0 radical (unpaired) electrons. The number of rotatable bonds is 1. The van der Waals surface area contributed by atoms with Gasteiger partial charge in [0.15, 0.2) is 0 Å². The largest absolute Gasteiger partial charge is 0.385 e. The van der Waals surface area contributed by atoms with Crippen LogP contribution in [0.3, 0.4) is 0 Å². The second-order valence-corrected chi connectivity index (χ2v) is 6.27. The maximum atomic E-state index is 10.5. The van der Waals surface area contributed by atoms with Gasteiger partial charge in [0.25, 0.3) is 0 Å². The van der Waals surface area contributed by atoms with Crippen LogP contribution >= 0.6 is 27.5 Å². The average Bonchev–Trinajstić information content (AvgIpc) is 2.00. The summed E-state index contributed by atoms with van der Waals surface area (Å²) in [5.41, 5.74) is -0.435. The normalized spacial score (nSPS) is 16.2. The fraction of sp³-hybridized carbons (Fsp3) is 0.500. The predicted molar refractivity (Wildman–Crippen MR) is 68.2 cm³/mol. The third-order valence-electron chi connectivity index (χ3n) is 2.92. The molecule has 1 nitrogen and oxygen atoms in total. The second kappa shape index (κ2) is 4.08. The molecule has 1 rings (SSSR count). The molecular formula is C12H16BrClO.